The quantitative estimate of drug-likeness (QED) is 0.791. The molecule has 1 aromatic heterocycles. The number of pyridine rings is 1. The van der Waals surface area contributed by atoms with E-state index in [1.807, 2.05) is 24.3 Å². The third kappa shape index (κ3) is 3.13. The Morgan fingerprint density at radius 1 is 1.17 bits per heavy atom. The second-order valence-corrected chi connectivity index (χ2v) is 4.45. The summed E-state index contributed by atoms with van der Waals surface area (Å²) in [6.45, 7) is 2.86. The highest BCUT2D eigenvalue weighted by atomic mass is 16.5. The van der Waals surface area contributed by atoms with Gasteiger partial charge in [-0.05, 0) is 18.6 Å². The number of unbranched alkanes of at least 4 members (excludes halogenated alkanes) is 3. The predicted molar refractivity (Wildman–Crippen MR) is 74.2 cm³/mol. The van der Waals surface area contributed by atoms with Gasteiger partial charge in [0.05, 0.1) is 12.1 Å². The molecular weight excluding hydrogens is 226 g/mol. The summed E-state index contributed by atoms with van der Waals surface area (Å²) in [6.07, 6.45) is 4.67. The van der Waals surface area contributed by atoms with Gasteiger partial charge < -0.3 is 9.72 Å². The van der Waals surface area contributed by atoms with Crippen molar-refractivity contribution in [3.05, 3.63) is 40.7 Å². The topological polar surface area (TPSA) is 42.1 Å². The van der Waals surface area contributed by atoms with E-state index in [1.165, 1.54) is 25.3 Å². The van der Waals surface area contributed by atoms with Gasteiger partial charge in [-0.25, -0.2) is 0 Å². The molecule has 0 aliphatic carbocycles. The van der Waals surface area contributed by atoms with E-state index in [9.17, 15) is 4.79 Å². The molecule has 0 aliphatic heterocycles. The Morgan fingerprint density at radius 2 is 2.00 bits per heavy atom. The third-order valence-electron chi connectivity index (χ3n) is 2.97. The van der Waals surface area contributed by atoms with Crippen LogP contribution in [0.1, 0.15) is 32.6 Å². The van der Waals surface area contributed by atoms with Crippen molar-refractivity contribution in [3.63, 3.8) is 0 Å². The molecule has 1 aromatic carbocycles. The van der Waals surface area contributed by atoms with Gasteiger partial charge in [0, 0.05) is 11.5 Å². The van der Waals surface area contributed by atoms with E-state index >= 15 is 0 Å². The standard InChI is InChI=1S/C15H19NO2/c1-2-3-4-7-10-18-14-11-15(17)16-13-9-6-5-8-12(13)14/h5-6,8-9,11H,2-4,7,10H2,1H3,(H,16,17). The van der Waals surface area contributed by atoms with Crippen LogP contribution < -0.4 is 10.3 Å². The van der Waals surface area contributed by atoms with Gasteiger partial charge in [0.1, 0.15) is 5.75 Å². The number of hydrogen-bond acceptors (Lipinski definition) is 2. The molecule has 18 heavy (non-hydrogen) atoms. The fraction of sp³-hybridized carbons (Fsp3) is 0.400. The molecule has 0 spiro atoms. The Balaban J connectivity index is 2.10. The van der Waals surface area contributed by atoms with Gasteiger partial charge in [0.2, 0.25) is 0 Å². The van der Waals surface area contributed by atoms with Gasteiger partial charge in [-0.1, -0.05) is 38.3 Å². The van der Waals surface area contributed by atoms with Crippen LogP contribution in [0, 0.1) is 0 Å². The van der Waals surface area contributed by atoms with E-state index < -0.39 is 0 Å². The number of nitrogens with one attached hydrogen (secondary N) is 1. The maximum atomic E-state index is 11.5. The number of H-pyrrole nitrogens is 1. The number of aromatic amines is 1. The molecule has 0 unspecified atom stereocenters. The lowest BCUT2D eigenvalue weighted by molar-refractivity contribution is 0.308. The summed E-state index contributed by atoms with van der Waals surface area (Å²) in [6, 6.07) is 9.24. The number of fused-ring (bicyclic) bond motifs is 1. The SMILES string of the molecule is CCCCCCOc1cc(=O)[nH]c2ccccc12. The second kappa shape index (κ2) is 6.24. The summed E-state index contributed by atoms with van der Waals surface area (Å²) in [5.74, 6) is 0.686. The number of aromatic nitrogens is 1. The molecule has 2 aromatic rings. The lowest BCUT2D eigenvalue weighted by Gasteiger charge is -2.08. The monoisotopic (exact) mass is 245 g/mol. The van der Waals surface area contributed by atoms with Gasteiger partial charge >= 0.3 is 0 Å². The normalized spacial score (nSPS) is 10.7. The molecule has 3 nitrogen and oxygen atoms in total. The molecule has 0 fully saturated rings. The zero-order valence-corrected chi connectivity index (χ0v) is 10.7. The van der Waals surface area contributed by atoms with Crippen molar-refractivity contribution in [2.75, 3.05) is 6.61 Å². The summed E-state index contributed by atoms with van der Waals surface area (Å²) in [7, 11) is 0. The Labute approximate surface area is 107 Å². The maximum Gasteiger partial charge on any atom is 0.252 e. The van der Waals surface area contributed by atoms with Crippen molar-refractivity contribution in [1.82, 2.24) is 4.98 Å². The van der Waals surface area contributed by atoms with Crippen molar-refractivity contribution >= 4 is 10.9 Å². The molecular formula is C15H19NO2. The summed E-state index contributed by atoms with van der Waals surface area (Å²) < 4.78 is 5.73. The third-order valence-corrected chi connectivity index (χ3v) is 2.97. The van der Waals surface area contributed by atoms with Gasteiger partial charge in [-0.2, -0.15) is 0 Å². The first-order valence-electron chi connectivity index (χ1n) is 6.56. The molecule has 0 amide bonds. The van der Waals surface area contributed by atoms with E-state index in [2.05, 4.69) is 11.9 Å². The Morgan fingerprint density at radius 3 is 2.83 bits per heavy atom. The van der Waals surface area contributed by atoms with Crippen molar-refractivity contribution in [1.29, 1.82) is 0 Å². The first kappa shape index (κ1) is 12.7. The number of ether oxygens (including phenoxy) is 1. The van der Waals surface area contributed by atoms with Crippen LogP contribution >= 0.6 is 0 Å². The molecule has 0 saturated heterocycles. The van der Waals surface area contributed by atoms with Crippen molar-refractivity contribution < 1.29 is 4.74 Å². The first-order chi connectivity index (χ1) is 8.81. The van der Waals surface area contributed by atoms with E-state index in [4.69, 9.17) is 4.74 Å². The highest BCUT2D eigenvalue weighted by Gasteiger charge is 2.03. The van der Waals surface area contributed by atoms with Gasteiger partial charge in [-0.3, -0.25) is 4.79 Å². The van der Waals surface area contributed by atoms with Crippen LogP contribution in [0.2, 0.25) is 0 Å². The van der Waals surface area contributed by atoms with E-state index in [0.29, 0.717) is 12.4 Å². The Kier molecular flexibility index (Phi) is 4.40. The number of hydrogen-bond donors (Lipinski definition) is 1. The molecule has 1 N–H and O–H groups in total. The molecule has 96 valence electrons. The molecule has 0 atom stereocenters. The van der Waals surface area contributed by atoms with Crippen LogP contribution in [0.25, 0.3) is 10.9 Å². The summed E-state index contributed by atoms with van der Waals surface area (Å²) in [5.41, 5.74) is 0.714. The molecule has 2 rings (SSSR count). The second-order valence-electron chi connectivity index (χ2n) is 4.45. The number of para-hydroxylation sites is 1. The smallest absolute Gasteiger partial charge is 0.252 e. The average molecular weight is 245 g/mol. The molecule has 1 heterocycles. The maximum absolute atomic E-state index is 11.5. The lowest BCUT2D eigenvalue weighted by atomic mass is 10.2. The highest BCUT2D eigenvalue weighted by Crippen LogP contribution is 2.21. The summed E-state index contributed by atoms with van der Waals surface area (Å²) in [4.78, 5) is 14.3. The van der Waals surface area contributed by atoms with Crippen LogP contribution in [-0.2, 0) is 0 Å². The number of benzene rings is 1. The van der Waals surface area contributed by atoms with Crippen molar-refractivity contribution in [2.45, 2.75) is 32.6 Å². The van der Waals surface area contributed by atoms with Crippen molar-refractivity contribution in [3.8, 4) is 5.75 Å². The molecule has 0 radical (unpaired) electrons. The zero-order chi connectivity index (χ0) is 12.8. The highest BCUT2D eigenvalue weighted by molar-refractivity contribution is 5.84. The summed E-state index contributed by atoms with van der Waals surface area (Å²) >= 11 is 0. The van der Waals surface area contributed by atoms with E-state index in [0.717, 1.165) is 17.3 Å². The Hall–Kier alpha value is -1.77. The molecule has 0 bridgehead atoms. The Bertz CT molecular complexity index is 560. The van der Waals surface area contributed by atoms with Crippen LogP contribution in [-0.4, -0.2) is 11.6 Å². The van der Waals surface area contributed by atoms with Gasteiger partial charge in [-0.15, -0.1) is 0 Å². The van der Waals surface area contributed by atoms with Gasteiger partial charge in [0.25, 0.3) is 5.56 Å². The van der Waals surface area contributed by atoms with Gasteiger partial charge in [0.15, 0.2) is 0 Å². The summed E-state index contributed by atoms with van der Waals surface area (Å²) in [5, 5.41) is 0.965. The van der Waals surface area contributed by atoms with Crippen LogP contribution in [0.5, 0.6) is 5.75 Å². The molecule has 0 aliphatic rings. The fourth-order valence-corrected chi connectivity index (χ4v) is 2.00. The average Bonchev–Trinajstić information content (AvgIpc) is 2.38. The van der Waals surface area contributed by atoms with E-state index in [1.54, 1.807) is 0 Å². The minimum Gasteiger partial charge on any atom is -0.493 e. The molecule has 3 heteroatoms. The van der Waals surface area contributed by atoms with Crippen LogP contribution in [0.4, 0.5) is 0 Å². The van der Waals surface area contributed by atoms with Crippen molar-refractivity contribution in [2.24, 2.45) is 0 Å². The van der Waals surface area contributed by atoms with Crippen LogP contribution in [0.15, 0.2) is 35.1 Å². The lowest BCUT2D eigenvalue weighted by Crippen LogP contribution is -2.07. The molecule has 0 saturated carbocycles. The predicted octanol–water partition coefficient (Wildman–Crippen LogP) is 3.49. The number of rotatable bonds is 6. The fourth-order valence-electron chi connectivity index (χ4n) is 2.00. The largest absolute Gasteiger partial charge is 0.493 e. The van der Waals surface area contributed by atoms with Crippen LogP contribution in [0.3, 0.4) is 0 Å². The minimum atomic E-state index is -0.114. The first-order valence-corrected chi connectivity index (χ1v) is 6.56. The minimum absolute atomic E-state index is 0.114. The van der Waals surface area contributed by atoms with E-state index in [-0.39, 0.29) is 5.56 Å². The zero-order valence-electron chi connectivity index (χ0n) is 10.7.